The molecule has 1 aromatic rings. The van der Waals surface area contributed by atoms with Gasteiger partial charge in [0.25, 0.3) is 5.91 Å². The van der Waals surface area contributed by atoms with Crippen molar-refractivity contribution in [3.8, 4) is 0 Å². The van der Waals surface area contributed by atoms with Crippen LogP contribution in [0.2, 0.25) is 0 Å². The van der Waals surface area contributed by atoms with Crippen LogP contribution in [0.4, 0.5) is 4.39 Å². The molecule has 0 radical (unpaired) electrons. The Labute approximate surface area is 146 Å². The number of ether oxygens (including phenoxy) is 1. The van der Waals surface area contributed by atoms with Crippen LogP contribution in [0.1, 0.15) is 22.3 Å². The second-order valence-electron chi connectivity index (χ2n) is 5.50. The van der Waals surface area contributed by atoms with E-state index in [1.807, 2.05) is 0 Å². The van der Waals surface area contributed by atoms with Gasteiger partial charge >= 0.3 is 0 Å². The summed E-state index contributed by atoms with van der Waals surface area (Å²) in [6.07, 6.45) is 0.344. The minimum absolute atomic E-state index is 0. The maximum atomic E-state index is 13.4. The lowest BCUT2D eigenvalue weighted by atomic mass is 10.1. The summed E-state index contributed by atoms with van der Waals surface area (Å²) in [6, 6.07) is 4.37. The average Bonchev–Trinajstić information content (AvgIpc) is 2.55. The lowest BCUT2D eigenvalue weighted by molar-refractivity contribution is -0.122. The van der Waals surface area contributed by atoms with Crippen molar-refractivity contribution in [1.82, 2.24) is 16.0 Å². The van der Waals surface area contributed by atoms with Gasteiger partial charge in [0.15, 0.2) is 0 Å². The molecule has 1 aliphatic rings. The molecule has 0 saturated carbocycles. The summed E-state index contributed by atoms with van der Waals surface area (Å²) in [4.78, 5) is 23.6. The number of hydrogen-bond acceptors (Lipinski definition) is 4. The Bertz CT molecular complexity index is 565. The van der Waals surface area contributed by atoms with Crippen LogP contribution in [0.5, 0.6) is 0 Å². The molecule has 3 N–H and O–H groups in total. The fraction of sp³-hybridized carbons (Fsp3) is 0.500. The topological polar surface area (TPSA) is 79.5 Å². The lowest BCUT2D eigenvalue weighted by Crippen LogP contribution is -2.45. The van der Waals surface area contributed by atoms with Crippen LogP contribution in [0.15, 0.2) is 18.2 Å². The minimum atomic E-state index is -0.409. The second kappa shape index (κ2) is 10.2. The molecule has 1 fully saturated rings. The van der Waals surface area contributed by atoms with Crippen LogP contribution in [-0.2, 0) is 9.53 Å². The van der Waals surface area contributed by atoms with E-state index in [0.29, 0.717) is 31.7 Å². The van der Waals surface area contributed by atoms with Crippen molar-refractivity contribution in [3.05, 3.63) is 35.1 Å². The quantitative estimate of drug-likeness (QED) is 0.656. The molecule has 8 heteroatoms. The Morgan fingerprint density at radius 1 is 1.33 bits per heavy atom. The van der Waals surface area contributed by atoms with Crippen molar-refractivity contribution in [2.24, 2.45) is 0 Å². The fourth-order valence-electron chi connectivity index (χ4n) is 2.26. The number of benzene rings is 1. The third kappa shape index (κ3) is 6.43. The number of hydrogen-bond donors (Lipinski definition) is 3. The van der Waals surface area contributed by atoms with E-state index in [-0.39, 0.29) is 42.4 Å². The van der Waals surface area contributed by atoms with E-state index in [0.717, 1.165) is 6.54 Å². The van der Waals surface area contributed by atoms with Gasteiger partial charge in [0.2, 0.25) is 5.91 Å². The Hall–Kier alpha value is -1.70. The van der Waals surface area contributed by atoms with E-state index < -0.39 is 5.82 Å². The molecular weight excluding hydrogens is 337 g/mol. The molecule has 24 heavy (non-hydrogen) atoms. The highest BCUT2D eigenvalue weighted by molar-refractivity contribution is 5.94. The maximum absolute atomic E-state index is 13.4. The van der Waals surface area contributed by atoms with Crippen LogP contribution >= 0.6 is 12.4 Å². The molecule has 134 valence electrons. The largest absolute Gasteiger partial charge is 0.378 e. The Morgan fingerprint density at radius 2 is 2.08 bits per heavy atom. The van der Waals surface area contributed by atoms with Crippen molar-refractivity contribution >= 4 is 24.2 Å². The molecule has 1 unspecified atom stereocenters. The normalized spacial score (nSPS) is 16.8. The van der Waals surface area contributed by atoms with Crippen LogP contribution < -0.4 is 16.0 Å². The number of rotatable bonds is 6. The lowest BCUT2D eigenvalue weighted by Gasteiger charge is -2.23. The standard InChI is InChI=1S/C16H22FN3O3.ClH/c1-11-2-3-12(8-14(11)17)16(22)20-5-4-19-15(21)9-13-10-23-7-6-18-13;/h2-3,8,13,18H,4-7,9-10H2,1H3,(H,19,21)(H,20,22);1H. The zero-order valence-corrected chi connectivity index (χ0v) is 14.4. The van der Waals surface area contributed by atoms with Crippen molar-refractivity contribution < 1.29 is 18.7 Å². The van der Waals surface area contributed by atoms with E-state index in [1.54, 1.807) is 19.1 Å². The SMILES string of the molecule is Cc1ccc(C(=O)NCCNC(=O)CC2COCCN2)cc1F.Cl. The highest BCUT2D eigenvalue weighted by Gasteiger charge is 2.16. The number of carbonyl (C=O) groups excluding carboxylic acids is 2. The van der Waals surface area contributed by atoms with Gasteiger partial charge in [-0.25, -0.2) is 4.39 Å². The molecule has 2 rings (SSSR count). The molecular formula is C16H23ClFN3O3. The summed E-state index contributed by atoms with van der Waals surface area (Å²) < 4.78 is 18.7. The molecule has 1 aliphatic heterocycles. The summed E-state index contributed by atoms with van der Waals surface area (Å²) >= 11 is 0. The third-order valence-electron chi connectivity index (χ3n) is 3.60. The number of nitrogens with one attached hydrogen (secondary N) is 3. The van der Waals surface area contributed by atoms with Crippen molar-refractivity contribution in [2.75, 3.05) is 32.8 Å². The molecule has 0 bridgehead atoms. The van der Waals surface area contributed by atoms with E-state index in [4.69, 9.17) is 4.74 Å². The predicted molar refractivity (Wildman–Crippen MR) is 91.0 cm³/mol. The smallest absolute Gasteiger partial charge is 0.251 e. The molecule has 1 heterocycles. The van der Waals surface area contributed by atoms with Crippen molar-refractivity contribution in [2.45, 2.75) is 19.4 Å². The van der Waals surface area contributed by atoms with Crippen molar-refractivity contribution in [1.29, 1.82) is 0 Å². The molecule has 1 aromatic carbocycles. The van der Waals surface area contributed by atoms with Gasteiger partial charge in [-0.2, -0.15) is 0 Å². The molecule has 0 spiro atoms. The van der Waals surface area contributed by atoms with Crippen LogP contribution in [0.3, 0.4) is 0 Å². The van der Waals surface area contributed by atoms with Gasteiger partial charge in [-0.05, 0) is 24.6 Å². The summed E-state index contributed by atoms with van der Waals surface area (Å²) in [5.41, 5.74) is 0.761. The highest BCUT2D eigenvalue weighted by Crippen LogP contribution is 2.08. The summed E-state index contributed by atoms with van der Waals surface area (Å²) in [6.45, 7) is 4.20. The van der Waals surface area contributed by atoms with Crippen molar-refractivity contribution in [3.63, 3.8) is 0 Å². The van der Waals surface area contributed by atoms with E-state index in [9.17, 15) is 14.0 Å². The van der Waals surface area contributed by atoms with Crippen LogP contribution in [0, 0.1) is 12.7 Å². The molecule has 1 saturated heterocycles. The number of aryl methyl sites for hydroxylation is 1. The Balaban J connectivity index is 0.00000288. The highest BCUT2D eigenvalue weighted by atomic mass is 35.5. The van der Waals surface area contributed by atoms with Gasteiger partial charge in [-0.1, -0.05) is 6.07 Å². The van der Waals surface area contributed by atoms with E-state index in [2.05, 4.69) is 16.0 Å². The van der Waals surface area contributed by atoms with E-state index >= 15 is 0 Å². The van der Waals surface area contributed by atoms with Gasteiger partial charge in [-0.15, -0.1) is 12.4 Å². The van der Waals surface area contributed by atoms with Crippen LogP contribution in [-0.4, -0.2) is 50.7 Å². The van der Waals surface area contributed by atoms with Gasteiger partial charge < -0.3 is 20.7 Å². The minimum Gasteiger partial charge on any atom is -0.378 e. The number of carbonyl (C=O) groups is 2. The average molecular weight is 360 g/mol. The van der Waals surface area contributed by atoms with E-state index in [1.165, 1.54) is 6.07 Å². The number of halogens is 2. The first kappa shape index (κ1) is 20.3. The van der Waals surface area contributed by atoms with Gasteiger partial charge in [0.05, 0.1) is 13.2 Å². The van der Waals surface area contributed by atoms with Gasteiger partial charge in [0, 0.05) is 37.7 Å². The molecule has 1 atom stereocenters. The number of morpholine rings is 1. The summed E-state index contributed by atoms with van der Waals surface area (Å²) in [5.74, 6) is -0.864. The van der Waals surface area contributed by atoms with Gasteiger partial charge in [0.1, 0.15) is 5.82 Å². The zero-order chi connectivity index (χ0) is 16.7. The fourth-order valence-corrected chi connectivity index (χ4v) is 2.26. The Kier molecular flexibility index (Phi) is 8.67. The Morgan fingerprint density at radius 3 is 2.75 bits per heavy atom. The van der Waals surface area contributed by atoms with Gasteiger partial charge in [-0.3, -0.25) is 9.59 Å². The third-order valence-corrected chi connectivity index (χ3v) is 3.60. The first-order valence-corrected chi connectivity index (χ1v) is 7.68. The molecule has 2 amide bonds. The zero-order valence-electron chi connectivity index (χ0n) is 13.6. The first-order valence-electron chi connectivity index (χ1n) is 7.68. The van der Waals surface area contributed by atoms with Crippen LogP contribution in [0.25, 0.3) is 0 Å². The second-order valence-corrected chi connectivity index (χ2v) is 5.50. The summed E-state index contributed by atoms with van der Waals surface area (Å²) in [5, 5.41) is 8.58. The molecule has 6 nitrogen and oxygen atoms in total. The summed E-state index contributed by atoms with van der Waals surface area (Å²) in [7, 11) is 0. The predicted octanol–water partition coefficient (Wildman–Crippen LogP) is 0.780. The molecule has 0 aromatic heterocycles. The first-order chi connectivity index (χ1) is 11.1. The molecule has 0 aliphatic carbocycles. The number of amides is 2. The monoisotopic (exact) mass is 359 g/mol. The maximum Gasteiger partial charge on any atom is 0.251 e.